The Morgan fingerprint density at radius 3 is 2.64 bits per heavy atom. The molecular formula is C19H20N4O5. The molecule has 146 valence electrons. The average molecular weight is 384 g/mol. The molecule has 0 saturated carbocycles. The molecule has 0 unspecified atom stereocenters. The van der Waals surface area contributed by atoms with Gasteiger partial charge < -0.3 is 14.3 Å². The van der Waals surface area contributed by atoms with E-state index in [1.54, 1.807) is 49.6 Å². The first-order valence-electron chi connectivity index (χ1n) is 8.45. The van der Waals surface area contributed by atoms with Gasteiger partial charge in [0.15, 0.2) is 0 Å². The van der Waals surface area contributed by atoms with E-state index in [0.29, 0.717) is 35.6 Å². The SMILES string of the molecule is COCCOc1ccc2c(ON(C(=O)NOC)c3ccccc3)ncnc2c1. The van der Waals surface area contributed by atoms with E-state index < -0.39 is 6.03 Å². The number of hydroxylamine groups is 2. The second-order valence-electron chi connectivity index (χ2n) is 5.53. The molecule has 3 aromatic rings. The molecule has 9 heteroatoms. The van der Waals surface area contributed by atoms with Crippen LogP contribution < -0.4 is 20.1 Å². The van der Waals surface area contributed by atoms with Gasteiger partial charge in [0.25, 0.3) is 5.88 Å². The zero-order chi connectivity index (χ0) is 19.8. The molecule has 0 fully saturated rings. The first-order chi connectivity index (χ1) is 13.7. The highest BCUT2D eigenvalue weighted by molar-refractivity contribution is 5.90. The molecule has 0 aliphatic carbocycles. The van der Waals surface area contributed by atoms with Crippen LogP contribution in [0.3, 0.4) is 0 Å². The van der Waals surface area contributed by atoms with Gasteiger partial charge in [-0.15, -0.1) is 5.06 Å². The maximum Gasteiger partial charge on any atom is 0.379 e. The van der Waals surface area contributed by atoms with E-state index >= 15 is 0 Å². The van der Waals surface area contributed by atoms with Crippen molar-refractivity contribution in [2.45, 2.75) is 0 Å². The minimum absolute atomic E-state index is 0.212. The van der Waals surface area contributed by atoms with Crippen LogP contribution in [0.2, 0.25) is 0 Å². The number of carbonyl (C=O) groups is 1. The standard InChI is InChI=1S/C19H20N4O5/c1-25-10-11-27-15-8-9-16-17(12-15)20-13-21-18(16)28-23(19(24)22-26-2)14-6-4-3-5-7-14/h3-9,12-13H,10-11H2,1-2H3,(H,22,24). The summed E-state index contributed by atoms with van der Waals surface area (Å²) < 4.78 is 10.6. The largest absolute Gasteiger partial charge is 0.491 e. The molecule has 0 radical (unpaired) electrons. The van der Waals surface area contributed by atoms with E-state index in [1.807, 2.05) is 6.07 Å². The first-order valence-corrected chi connectivity index (χ1v) is 8.45. The Hall–Kier alpha value is -3.43. The molecule has 0 spiro atoms. The minimum atomic E-state index is -0.611. The van der Waals surface area contributed by atoms with Gasteiger partial charge in [-0.3, -0.25) is 4.84 Å². The van der Waals surface area contributed by atoms with Crippen LogP contribution in [0.4, 0.5) is 10.5 Å². The van der Waals surface area contributed by atoms with Crippen molar-refractivity contribution < 1.29 is 23.9 Å². The fourth-order valence-electron chi connectivity index (χ4n) is 2.41. The van der Waals surface area contributed by atoms with Crippen molar-refractivity contribution in [3.05, 3.63) is 54.9 Å². The van der Waals surface area contributed by atoms with E-state index in [1.165, 1.54) is 13.4 Å². The number of benzene rings is 2. The maximum atomic E-state index is 12.4. The van der Waals surface area contributed by atoms with Crippen molar-refractivity contribution in [1.29, 1.82) is 0 Å². The molecule has 1 heterocycles. The first kappa shape index (κ1) is 19.3. The van der Waals surface area contributed by atoms with E-state index in [4.69, 9.17) is 19.1 Å². The fraction of sp³-hybridized carbons (Fsp3) is 0.211. The normalized spacial score (nSPS) is 10.5. The number of aromatic nitrogens is 2. The summed E-state index contributed by atoms with van der Waals surface area (Å²) in [6.07, 6.45) is 1.36. The molecule has 1 aromatic heterocycles. The number of nitrogens with zero attached hydrogens (tertiary/aromatic N) is 3. The number of ether oxygens (including phenoxy) is 2. The third kappa shape index (κ3) is 4.64. The van der Waals surface area contributed by atoms with Gasteiger partial charge in [-0.1, -0.05) is 18.2 Å². The molecule has 28 heavy (non-hydrogen) atoms. The van der Waals surface area contributed by atoms with Gasteiger partial charge in [0.1, 0.15) is 18.7 Å². The van der Waals surface area contributed by atoms with Crippen LogP contribution >= 0.6 is 0 Å². The van der Waals surface area contributed by atoms with Gasteiger partial charge in [-0.2, -0.15) is 4.98 Å². The van der Waals surface area contributed by atoms with Gasteiger partial charge >= 0.3 is 6.03 Å². The van der Waals surface area contributed by atoms with Gasteiger partial charge in [-0.05, 0) is 24.3 Å². The van der Waals surface area contributed by atoms with Crippen LogP contribution in [0.25, 0.3) is 10.9 Å². The van der Waals surface area contributed by atoms with Crippen LogP contribution in [0.15, 0.2) is 54.9 Å². The van der Waals surface area contributed by atoms with E-state index in [9.17, 15) is 4.79 Å². The Bertz CT molecular complexity index is 923. The fourth-order valence-corrected chi connectivity index (χ4v) is 2.41. The summed E-state index contributed by atoms with van der Waals surface area (Å²) in [6.45, 7) is 0.909. The Labute approximate surface area is 161 Å². The monoisotopic (exact) mass is 384 g/mol. The summed E-state index contributed by atoms with van der Waals surface area (Å²) in [4.78, 5) is 31.3. The van der Waals surface area contributed by atoms with Gasteiger partial charge in [0.05, 0.1) is 30.3 Å². The highest BCUT2D eigenvalue weighted by Gasteiger charge is 2.20. The van der Waals surface area contributed by atoms with E-state index in [-0.39, 0.29) is 5.88 Å². The zero-order valence-corrected chi connectivity index (χ0v) is 15.5. The molecule has 9 nitrogen and oxygen atoms in total. The van der Waals surface area contributed by atoms with Gasteiger partial charge in [-0.25, -0.2) is 15.3 Å². The number of hydrogen-bond acceptors (Lipinski definition) is 7. The lowest BCUT2D eigenvalue weighted by Crippen LogP contribution is -2.42. The van der Waals surface area contributed by atoms with Crippen LogP contribution in [0.1, 0.15) is 0 Å². The summed E-state index contributed by atoms with van der Waals surface area (Å²) >= 11 is 0. The van der Waals surface area contributed by atoms with Crippen LogP contribution in [-0.2, 0) is 9.57 Å². The van der Waals surface area contributed by atoms with Crippen LogP contribution in [-0.4, -0.2) is 43.4 Å². The topological polar surface area (TPSA) is 95.0 Å². The number of para-hydroxylation sites is 1. The van der Waals surface area contributed by atoms with E-state index in [2.05, 4.69) is 15.4 Å². The maximum absolute atomic E-state index is 12.4. The number of urea groups is 1. The second-order valence-corrected chi connectivity index (χ2v) is 5.53. The number of carbonyl (C=O) groups excluding carboxylic acids is 1. The molecule has 0 aliphatic heterocycles. The van der Waals surface area contributed by atoms with Crippen LogP contribution in [0.5, 0.6) is 11.6 Å². The highest BCUT2D eigenvalue weighted by Crippen LogP contribution is 2.27. The van der Waals surface area contributed by atoms with Gasteiger partial charge in [0.2, 0.25) is 0 Å². The number of amides is 2. The smallest absolute Gasteiger partial charge is 0.379 e. The van der Waals surface area contributed by atoms with Crippen molar-refractivity contribution in [1.82, 2.24) is 15.4 Å². The number of anilines is 1. The predicted octanol–water partition coefficient (Wildman–Crippen LogP) is 2.73. The average Bonchev–Trinajstić information content (AvgIpc) is 2.73. The number of methoxy groups -OCH3 is 1. The number of nitrogens with one attached hydrogen (secondary N) is 1. The summed E-state index contributed by atoms with van der Waals surface area (Å²) in [5.74, 6) is 0.856. The lowest BCUT2D eigenvalue weighted by Gasteiger charge is -2.21. The van der Waals surface area contributed by atoms with Crippen LogP contribution in [0, 0.1) is 0 Å². The highest BCUT2D eigenvalue weighted by atomic mass is 16.7. The number of rotatable bonds is 8. The Morgan fingerprint density at radius 1 is 1.07 bits per heavy atom. The molecule has 0 aliphatic rings. The lowest BCUT2D eigenvalue weighted by atomic mass is 10.2. The van der Waals surface area contributed by atoms with Crippen molar-refractivity contribution in [3.63, 3.8) is 0 Å². The number of fused-ring (bicyclic) bond motifs is 1. The molecule has 1 N–H and O–H groups in total. The molecule has 2 aromatic carbocycles. The second kappa shape index (κ2) is 9.49. The summed E-state index contributed by atoms with van der Waals surface area (Å²) in [5, 5.41) is 1.67. The quantitative estimate of drug-likeness (QED) is 0.471. The summed E-state index contributed by atoms with van der Waals surface area (Å²) in [6, 6.07) is 13.5. The van der Waals surface area contributed by atoms with E-state index in [0.717, 1.165) is 5.06 Å². The third-order valence-corrected chi connectivity index (χ3v) is 3.67. The molecular weight excluding hydrogens is 364 g/mol. The molecule has 0 bridgehead atoms. The Morgan fingerprint density at radius 2 is 1.89 bits per heavy atom. The zero-order valence-electron chi connectivity index (χ0n) is 15.5. The Balaban J connectivity index is 1.89. The Kier molecular flexibility index (Phi) is 6.55. The number of hydrogen-bond donors (Lipinski definition) is 1. The summed E-state index contributed by atoms with van der Waals surface area (Å²) in [5.41, 5.74) is 3.35. The molecule has 0 atom stereocenters. The lowest BCUT2D eigenvalue weighted by molar-refractivity contribution is 0.0993. The van der Waals surface area contributed by atoms with Gasteiger partial charge in [0, 0.05) is 13.2 Å². The van der Waals surface area contributed by atoms with Crippen molar-refractivity contribution in [3.8, 4) is 11.6 Å². The predicted molar refractivity (Wildman–Crippen MR) is 102 cm³/mol. The summed E-state index contributed by atoms with van der Waals surface area (Å²) in [7, 11) is 2.95. The molecule has 2 amide bonds. The minimum Gasteiger partial charge on any atom is -0.491 e. The van der Waals surface area contributed by atoms with Crippen molar-refractivity contribution in [2.75, 3.05) is 32.5 Å². The van der Waals surface area contributed by atoms with Crippen molar-refractivity contribution in [2.24, 2.45) is 0 Å². The molecule has 3 rings (SSSR count). The molecule has 0 saturated heterocycles. The third-order valence-electron chi connectivity index (χ3n) is 3.67. The van der Waals surface area contributed by atoms with Crippen molar-refractivity contribution >= 4 is 22.6 Å².